The van der Waals surface area contributed by atoms with Gasteiger partial charge in [0.1, 0.15) is 0 Å². The molecule has 0 radical (unpaired) electrons. The molecule has 8 heteroatoms. The molecule has 0 saturated heterocycles. The van der Waals surface area contributed by atoms with Crippen molar-refractivity contribution in [2.45, 2.75) is 13.8 Å². The van der Waals surface area contributed by atoms with Gasteiger partial charge >= 0.3 is 0 Å². The topological polar surface area (TPSA) is 106 Å². The van der Waals surface area contributed by atoms with Crippen molar-refractivity contribution < 1.29 is 23.9 Å². The quantitative estimate of drug-likeness (QED) is 0.621. The van der Waals surface area contributed by atoms with Crippen molar-refractivity contribution in [2.75, 3.05) is 25.2 Å². The van der Waals surface area contributed by atoms with Gasteiger partial charge in [0.25, 0.3) is 11.8 Å². The maximum atomic E-state index is 12.2. The Balaban J connectivity index is 1.42. The first-order valence-electron chi connectivity index (χ1n) is 9.31. The van der Waals surface area contributed by atoms with Gasteiger partial charge in [0.15, 0.2) is 11.5 Å². The van der Waals surface area contributed by atoms with Gasteiger partial charge < -0.3 is 25.4 Å². The summed E-state index contributed by atoms with van der Waals surface area (Å²) in [6.45, 7) is 4.32. The van der Waals surface area contributed by atoms with E-state index < -0.39 is 0 Å². The van der Waals surface area contributed by atoms with Crippen molar-refractivity contribution in [3.8, 4) is 11.5 Å². The number of hydrogen-bond donors (Lipinski definition) is 3. The Kier molecular flexibility index (Phi) is 6.33. The Morgan fingerprint density at radius 3 is 2.10 bits per heavy atom. The lowest BCUT2D eigenvalue weighted by atomic mass is 10.1. The lowest BCUT2D eigenvalue weighted by Gasteiger charge is -2.09. The monoisotopic (exact) mass is 397 g/mol. The second kappa shape index (κ2) is 9.09. The van der Waals surface area contributed by atoms with Crippen LogP contribution in [0.25, 0.3) is 0 Å². The molecule has 2 aromatic carbocycles. The molecule has 3 amide bonds. The maximum absolute atomic E-state index is 12.2. The zero-order valence-electron chi connectivity index (χ0n) is 16.3. The lowest BCUT2D eigenvalue weighted by molar-refractivity contribution is -0.118. The summed E-state index contributed by atoms with van der Waals surface area (Å²) in [4.78, 5) is 36.0. The highest BCUT2D eigenvalue weighted by Gasteiger charge is 2.16. The standard InChI is InChI=1S/C21H23N3O5/c1-13(2)19(25)24-16-6-3-14(4-7-16)20(26)22-9-10-23-21(27)15-5-8-17-18(11-15)29-12-28-17/h3-8,11,13H,9-10,12H2,1-2H3,(H,22,26)(H,23,27)(H,24,25). The predicted octanol–water partition coefficient (Wildman–Crippen LogP) is 2.17. The SMILES string of the molecule is CC(C)C(=O)Nc1ccc(C(=O)NCCNC(=O)c2ccc3c(c2)OCO3)cc1. The number of carbonyl (C=O) groups excluding carboxylic acids is 3. The highest BCUT2D eigenvalue weighted by molar-refractivity contribution is 5.96. The molecule has 1 aliphatic rings. The third kappa shape index (κ3) is 5.25. The Morgan fingerprint density at radius 1 is 0.862 bits per heavy atom. The lowest BCUT2D eigenvalue weighted by Crippen LogP contribution is -2.34. The van der Waals surface area contributed by atoms with E-state index in [1.807, 2.05) is 13.8 Å². The van der Waals surface area contributed by atoms with E-state index in [0.717, 1.165) is 0 Å². The van der Waals surface area contributed by atoms with Crippen LogP contribution in [0.1, 0.15) is 34.6 Å². The number of hydrogen-bond acceptors (Lipinski definition) is 5. The predicted molar refractivity (Wildman–Crippen MR) is 107 cm³/mol. The van der Waals surface area contributed by atoms with Crippen LogP contribution in [0, 0.1) is 5.92 Å². The third-order valence-corrected chi connectivity index (χ3v) is 4.27. The molecule has 3 N–H and O–H groups in total. The van der Waals surface area contributed by atoms with Crippen LogP contribution >= 0.6 is 0 Å². The molecular weight excluding hydrogens is 374 g/mol. The molecule has 0 atom stereocenters. The Hall–Kier alpha value is -3.55. The van der Waals surface area contributed by atoms with E-state index in [4.69, 9.17) is 9.47 Å². The zero-order chi connectivity index (χ0) is 20.8. The zero-order valence-corrected chi connectivity index (χ0v) is 16.3. The molecule has 3 rings (SSSR count). The van der Waals surface area contributed by atoms with Crippen molar-refractivity contribution in [2.24, 2.45) is 5.92 Å². The molecule has 0 unspecified atom stereocenters. The number of carbonyl (C=O) groups is 3. The molecule has 152 valence electrons. The first kappa shape index (κ1) is 20.2. The first-order chi connectivity index (χ1) is 13.9. The van der Waals surface area contributed by atoms with Crippen molar-refractivity contribution in [1.29, 1.82) is 0 Å². The van der Waals surface area contributed by atoms with Gasteiger partial charge in [-0.1, -0.05) is 13.8 Å². The van der Waals surface area contributed by atoms with E-state index in [9.17, 15) is 14.4 Å². The van der Waals surface area contributed by atoms with Gasteiger partial charge in [0.05, 0.1) is 0 Å². The van der Waals surface area contributed by atoms with Gasteiger partial charge in [-0.05, 0) is 42.5 Å². The van der Waals surface area contributed by atoms with Gasteiger partial charge in [-0.15, -0.1) is 0 Å². The Labute approximate surface area is 168 Å². The van der Waals surface area contributed by atoms with Crippen LogP contribution in [0.5, 0.6) is 11.5 Å². The number of fused-ring (bicyclic) bond motifs is 1. The Morgan fingerprint density at radius 2 is 1.45 bits per heavy atom. The van der Waals surface area contributed by atoms with Crippen molar-refractivity contribution in [3.63, 3.8) is 0 Å². The smallest absolute Gasteiger partial charge is 0.251 e. The molecule has 0 saturated carbocycles. The van der Waals surface area contributed by atoms with Gasteiger partial charge in [0.2, 0.25) is 12.7 Å². The largest absolute Gasteiger partial charge is 0.454 e. The molecule has 8 nitrogen and oxygen atoms in total. The molecule has 29 heavy (non-hydrogen) atoms. The molecule has 1 aliphatic heterocycles. The fourth-order valence-electron chi connectivity index (χ4n) is 2.59. The third-order valence-electron chi connectivity index (χ3n) is 4.27. The molecule has 0 aliphatic carbocycles. The minimum atomic E-state index is -0.261. The molecule has 0 bridgehead atoms. The fourth-order valence-corrected chi connectivity index (χ4v) is 2.59. The maximum Gasteiger partial charge on any atom is 0.251 e. The summed E-state index contributed by atoms with van der Waals surface area (Å²) in [6, 6.07) is 11.6. The van der Waals surface area contributed by atoms with Crippen LogP contribution in [-0.4, -0.2) is 37.6 Å². The second-order valence-electron chi connectivity index (χ2n) is 6.80. The van der Waals surface area contributed by atoms with Gasteiger partial charge in [-0.3, -0.25) is 14.4 Å². The highest BCUT2D eigenvalue weighted by Crippen LogP contribution is 2.32. The number of rotatable bonds is 7. The second-order valence-corrected chi connectivity index (χ2v) is 6.80. The summed E-state index contributed by atoms with van der Waals surface area (Å²) >= 11 is 0. The summed E-state index contributed by atoms with van der Waals surface area (Å²) in [7, 11) is 0. The Bertz CT molecular complexity index is 909. The fraction of sp³-hybridized carbons (Fsp3) is 0.286. The van der Waals surface area contributed by atoms with Crippen molar-refractivity contribution >= 4 is 23.4 Å². The van der Waals surface area contributed by atoms with Crippen LogP contribution in [-0.2, 0) is 4.79 Å². The van der Waals surface area contributed by atoms with E-state index >= 15 is 0 Å². The van der Waals surface area contributed by atoms with Crippen LogP contribution in [0.4, 0.5) is 5.69 Å². The number of amides is 3. The number of anilines is 1. The summed E-state index contributed by atoms with van der Waals surface area (Å²) < 4.78 is 10.5. The van der Waals surface area contributed by atoms with Crippen molar-refractivity contribution in [1.82, 2.24) is 10.6 Å². The minimum Gasteiger partial charge on any atom is -0.454 e. The van der Waals surface area contributed by atoms with Crippen LogP contribution in [0.3, 0.4) is 0 Å². The summed E-state index contributed by atoms with van der Waals surface area (Å²) in [5.41, 5.74) is 1.56. The van der Waals surface area contributed by atoms with E-state index in [2.05, 4.69) is 16.0 Å². The van der Waals surface area contributed by atoms with E-state index in [0.29, 0.717) is 28.3 Å². The van der Waals surface area contributed by atoms with Crippen LogP contribution in [0.15, 0.2) is 42.5 Å². The van der Waals surface area contributed by atoms with Gasteiger partial charge in [-0.2, -0.15) is 0 Å². The molecule has 1 heterocycles. The van der Waals surface area contributed by atoms with Crippen LogP contribution in [0.2, 0.25) is 0 Å². The molecule has 0 fully saturated rings. The van der Waals surface area contributed by atoms with Gasteiger partial charge in [0, 0.05) is 35.8 Å². The van der Waals surface area contributed by atoms with E-state index in [1.54, 1.807) is 42.5 Å². The van der Waals surface area contributed by atoms with E-state index in [-0.39, 0.29) is 43.5 Å². The average molecular weight is 397 g/mol. The first-order valence-corrected chi connectivity index (χ1v) is 9.31. The highest BCUT2D eigenvalue weighted by atomic mass is 16.7. The molecule has 0 spiro atoms. The van der Waals surface area contributed by atoms with E-state index in [1.165, 1.54) is 0 Å². The molecule has 2 aromatic rings. The van der Waals surface area contributed by atoms with Crippen molar-refractivity contribution in [3.05, 3.63) is 53.6 Å². The van der Waals surface area contributed by atoms with Crippen LogP contribution < -0.4 is 25.4 Å². The number of nitrogens with one attached hydrogen (secondary N) is 3. The minimum absolute atomic E-state index is 0.0830. The number of benzene rings is 2. The molecule has 0 aromatic heterocycles. The summed E-state index contributed by atoms with van der Waals surface area (Å²) in [5, 5.41) is 8.25. The van der Waals surface area contributed by atoms with Gasteiger partial charge in [-0.25, -0.2) is 0 Å². The summed E-state index contributed by atoms with van der Waals surface area (Å²) in [5.74, 6) is 0.431. The number of ether oxygens (including phenoxy) is 2. The summed E-state index contributed by atoms with van der Waals surface area (Å²) in [6.07, 6.45) is 0. The average Bonchev–Trinajstić information content (AvgIpc) is 3.19. The normalized spacial score (nSPS) is 11.8. The molecular formula is C21H23N3O5.